The van der Waals surface area contributed by atoms with Crippen LogP contribution >= 0.6 is 0 Å². The lowest BCUT2D eigenvalue weighted by Gasteiger charge is -2.15. The minimum atomic E-state index is -0.467. The van der Waals surface area contributed by atoms with Crippen LogP contribution in [0.3, 0.4) is 0 Å². The van der Waals surface area contributed by atoms with Gasteiger partial charge in [0.1, 0.15) is 0 Å². The van der Waals surface area contributed by atoms with Crippen molar-refractivity contribution in [2.75, 3.05) is 26.2 Å². The summed E-state index contributed by atoms with van der Waals surface area (Å²) in [6.45, 7) is 9.65. The van der Waals surface area contributed by atoms with E-state index >= 15 is 0 Å². The normalized spacial score (nSPS) is 10.5. The minimum Gasteiger partial charge on any atom is -0.322 e. The summed E-state index contributed by atoms with van der Waals surface area (Å²) in [4.78, 5) is 25.8. The van der Waals surface area contributed by atoms with Gasteiger partial charge in [-0.2, -0.15) is 0 Å². The standard InChI is InChI=1S/C10H20N4O2/c1-5-13(6-2)9(15)11-12-10(16)14(7-3)8-4/h5-8H2,1-4H3. The molecule has 0 unspecified atom stereocenters. The Morgan fingerprint density at radius 3 is 1.19 bits per heavy atom. The molecule has 6 nitrogen and oxygen atoms in total. The number of rotatable bonds is 4. The topological polar surface area (TPSA) is 65.3 Å². The highest BCUT2D eigenvalue weighted by atomic mass is 16.2. The molecular formula is C10H20N4O2. The molecule has 0 aromatic heterocycles. The van der Waals surface area contributed by atoms with Gasteiger partial charge < -0.3 is 9.80 Å². The van der Waals surface area contributed by atoms with E-state index in [9.17, 15) is 9.59 Å². The third-order valence-electron chi connectivity index (χ3n) is 2.29. The Kier molecular flexibility index (Phi) is 7.07. The molecule has 92 valence electrons. The highest BCUT2D eigenvalue weighted by Gasteiger charge is 2.11. The second kappa shape index (κ2) is 7.78. The van der Waals surface area contributed by atoms with Crippen LogP contribution < -0.4 is 0 Å². The number of carbonyl (C=O) groups is 2. The summed E-state index contributed by atoms with van der Waals surface area (Å²) in [5, 5.41) is 6.81. The molecule has 0 bridgehead atoms. The number of nitrogens with zero attached hydrogens (tertiary/aromatic N) is 4. The molecule has 0 aliphatic carbocycles. The minimum absolute atomic E-state index is 0.467. The van der Waals surface area contributed by atoms with Crippen LogP contribution in [-0.2, 0) is 0 Å². The largest absolute Gasteiger partial charge is 0.362 e. The van der Waals surface area contributed by atoms with Crippen LogP contribution in [-0.4, -0.2) is 48.0 Å². The van der Waals surface area contributed by atoms with Gasteiger partial charge in [-0.25, -0.2) is 9.59 Å². The predicted molar refractivity (Wildman–Crippen MR) is 61.5 cm³/mol. The van der Waals surface area contributed by atoms with E-state index in [4.69, 9.17) is 0 Å². The van der Waals surface area contributed by atoms with Crippen molar-refractivity contribution in [3.05, 3.63) is 0 Å². The zero-order chi connectivity index (χ0) is 12.6. The molecule has 0 aliphatic rings. The van der Waals surface area contributed by atoms with E-state index in [0.717, 1.165) is 0 Å². The Bertz CT molecular complexity index is 232. The third kappa shape index (κ3) is 4.37. The number of hydrogen-bond donors (Lipinski definition) is 0. The lowest BCUT2D eigenvalue weighted by Crippen LogP contribution is -2.29. The average Bonchev–Trinajstić information content (AvgIpc) is 2.29. The van der Waals surface area contributed by atoms with E-state index < -0.39 is 12.1 Å². The predicted octanol–water partition coefficient (Wildman–Crippen LogP) is 2.36. The first-order chi connectivity index (χ1) is 7.60. The second-order valence-electron chi connectivity index (χ2n) is 3.11. The first-order valence-corrected chi connectivity index (χ1v) is 5.60. The van der Waals surface area contributed by atoms with Crippen LogP contribution in [0.15, 0.2) is 10.2 Å². The highest BCUT2D eigenvalue weighted by molar-refractivity contribution is 5.79. The molecular weight excluding hydrogens is 208 g/mol. The molecule has 4 amide bonds. The first kappa shape index (κ1) is 14.5. The molecule has 0 atom stereocenters. The Balaban J connectivity index is 4.37. The maximum Gasteiger partial charge on any atom is 0.362 e. The molecule has 0 aliphatic heterocycles. The van der Waals surface area contributed by atoms with Crippen LogP contribution in [0.1, 0.15) is 27.7 Å². The van der Waals surface area contributed by atoms with Crippen molar-refractivity contribution in [2.24, 2.45) is 10.2 Å². The molecule has 0 radical (unpaired) electrons. The first-order valence-electron chi connectivity index (χ1n) is 5.60. The van der Waals surface area contributed by atoms with Gasteiger partial charge >= 0.3 is 12.1 Å². The lowest BCUT2D eigenvalue weighted by molar-refractivity contribution is 0.203. The summed E-state index contributed by atoms with van der Waals surface area (Å²) in [6, 6.07) is -0.934. The van der Waals surface area contributed by atoms with Crippen molar-refractivity contribution in [1.29, 1.82) is 0 Å². The summed E-state index contributed by atoms with van der Waals surface area (Å²) in [5.41, 5.74) is 0. The fourth-order valence-corrected chi connectivity index (χ4v) is 1.20. The molecule has 6 heteroatoms. The van der Waals surface area contributed by atoms with Gasteiger partial charge in [-0.05, 0) is 27.7 Å². The van der Waals surface area contributed by atoms with Gasteiger partial charge in [0.25, 0.3) is 0 Å². The zero-order valence-electron chi connectivity index (χ0n) is 10.4. The average molecular weight is 228 g/mol. The van der Waals surface area contributed by atoms with Gasteiger partial charge in [-0.15, -0.1) is 0 Å². The van der Waals surface area contributed by atoms with E-state index in [1.807, 2.05) is 27.7 Å². The molecule has 0 aromatic rings. The Morgan fingerprint density at radius 2 is 1.00 bits per heavy atom. The zero-order valence-corrected chi connectivity index (χ0v) is 10.4. The van der Waals surface area contributed by atoms with Crippen molar-refractivity contribution >= 4 is 12.1 Å². The molecule has 0 rings (SSSR count). The molecule has 0 saturated heterocycles. The Labute approximate surface area is 96.3 Å². The summed E-state index contributed by atoms with van der Waals surface area (Å²) in [6.07, 6.45) is 0. The third-order valence-corrected chi connectivity index (χ3v) is 2.29. The molecule has 0 fully saturated rings. The number of carbonyl (C=O) groups excluding carboxylic acids is 2. The molecule has 0 N–H and O–H groups in total. The lowest BCUT2D eigenvalue weighted by atomic mass is 10.5. The second-order valence-corrected chi connectivity index (χ2v) is 3.11. The van der Waals surface area contributed by atoms with Crippen molar-refractivity contribution in [1.82, 2.24) is 9.80 Å². The van der Waals surface area contributed by atoms with Crippen LogP contribution in [0.2, 0.25) is 0 Å². The van der Waals surface area contributed by atoms with E-state index in [0.29, 0.717) is 26.2 Å². The van der Waals surface area contributed by atoms with Gasteiger partial charge in [-0.1, -0.05) is 10.2 Å². The van der Waals surface area contributed by atoms with Gasteiger partial charge in [0.05, 0.1) is 0 Å². The maximum absolute atomic E-state index is 11.4. The Hall–Kier alpha value is -1.46. The van der Waals surface area contributed by atoms with Crippen LogP contribution in [0, 0.1) is 0 Å². The van der Waals surface area contributed by atoms with Crippen LogP contribution in [0.25, 0.3) is 0 Å². The van der Waals surface area contributed by atoms with Crippen molar-refractivity contribution in [2.45, 2.75) is 27.7 Å². The monoisotopic (exact) mass is 228 g/mol. The SMILES string of the molecule is CCN(CC)C(=O)N=NC(=O)N(CC)CC. The van der Waals surface area contributed by atoms with Gasteiger partial charge in [0, 0.05) is 26.2 Å². The molecule has 16 heavy (non-hydrogen) atoms. The number of hydrogen-bond acceptors (Lipinski definition) is 2. The van der Waals surface area contributed by atoms with Crippen LogP contribution in [0.4, 0.5) is 9.59 Å². The van der Waals surface area contributed by atoms with Gasteiger partial charge in [0.2, 0.25) is 0 Å². The van der Waals surface area contributed by atoms with Crippen molar-refractivity contribution < 1.29 is 9.59 Å². The summed E-state index contributed by atoms with van der Waals surface area (Å²) in [5.74, 6) is 0. The van der Waals surface area contributed by atoms with Gasteiger partial charge in [0.15, 0.2) is 0 Å². The maximum atomic E-state index is 11.4. The van der Waals surface area contributed by atoms with Gasteiger partial charge in [-0.3, -0.25) is 0 Å². The highest BCUT2D eigenvalue weighted by Crippen LogP contribution is 1.97. The summed E-state index contributed by atoms with van der Waals surface area (Å²) >= 11 is 0. The fourth-order valence-electron chi connectivity index (χ4n) is 1.20. The molecule has 0 saturated carbocycles. The van der Waals surface area contributed by atoms with E-state index in [1.165, 1.54) is 9.80 Å². The fraction of sp³-hybridized carbons (Fsp3) is 0.800. The summed E-state index contributed by atoms with van der Waals surface area (Å²) < 4.78 is 0. The molecule has 0 aromatic carbocycles. The van der Waals surface area contributed by atoms with E-state index in [1.54, 1.807) is 0 Å². The Morgan fingerprint density at radius 1 is 0.750 bits per heavy atom. The molecule has 0 spiro atoms. The van der Waals surface area contributed by atoms with Crippen LogP contribution in [0.5, 0.6) is 0 Å². The van der Waals surface area contributed by atoms with Crippen molar-refractivity contribution in [3.8, 4) is 0 Å². The summed E-state index contributed by atoms with van der Waals surface area (Å²) in [7, 11) is 0. The number of azo groups is 1. The number of amides is 4. The van der Waals surface area contributed by atoms with Crippen molar-refractivity contribution in [3.63, 3.8) is 0 Å². The molecule has 0 heterocycles. The van der Waals surface area contributed by atoms with E-state index in [-0.39, 0.29) is 0 Å². The van der Waals surface area contributed by atoms with E-state index in [2.05, 4.69) is 10.2 Å². The quantitative estimate of drug-likeness (QED) is 0.693. The smallest absolute Gasteiger partial charge is 0.322 e. The number of urea groups is 2.